The van der Waals surface area contributed by atoms with Crippen LogP contribution in [0.25, 0.3) is 11.1 Å². The van der Waals surface area contributed by atoms with E-state index in [2.05, 4.69) is 18.7 Å². The van der Waals surface area contributed by atoms with E-state index < -0.39 is 6.92 Å². The monoisotopic (exact) mass is 487 g/mol. The molecule has 1 aliphatic rings. The summed E-state index contributed by atoms with van der Waals surface area (Å²) < 4.78 is 19.6. The van der Waals surface area contributed by atoms with Crippen LogP contribution in [0.4, 0.5) is 4.39 Å². The molecule has 0 aliphatic carbocycles. The standard InChI is InChI=1S/C27H36BClFNO3/c1-5-34-26(32)22(16-31-17-27(2,3)18-31)13-20(15-28(4)33)12-19-6-8-21(9-7-19)24-14-23(29)10-11-25(24)30/h6-11,14,20,22,33H,5,12-13,15-18H2,1-4H3/t20-,22+/m1/s1. The van der Waals surface area contributed by atoms with Gasteiger partial charge in [0.15, 0.2) is 0 Å². The van der Waals surface area contributed by atoms with Gasteiger partial charge in [-0.3, -0.25) is 4.79 Å². The van der Waals surface area contributed by atoms with Gasteiger partial charge in [-0.1, -0.05) is 56.5 Å². The van der Waals surface area contributed by atoms with Gasteiger partial charge in [-0.05, 0) is 66.7 Å². The number of nitrogens with zero attached hydrogens (tertiary/aromatic N) is 1. The Morgan fingerprint density at radius 3 is 2.50 bits per heavy atom. The minimum atomic E-state index is -0.462. The van der Waals surface area contributed by atoms with Crippen LogP contribution in [0.1, 0.15) is 32.8 Å². The van der Waals surface area contributed by atoms with Crippen molar-refractivity contribution < 1.29 is 18.9 Å². The fourth-order valence-corrected chi connectivity index (χ4v) is 5.30. The molecule has 2 atom stereocenters. The molecular weight excluding hydrogens is 452 g/mol. The third kappa shape index (κ3) is 7.56. The molecule has 7 heteroatoms. The Kier molecular flexibility index (Phi) is 9.19. The predicted octanol–water partition coefficient (Wildman–Crippen LogP) is 5.83. The average Bonchev–Trinajstić information content (AvgIpc) is 2.74. The first kappa shape index (κ1) is 26.7. The van der Waals surface area contributed by atoms with Gasteiger partial charge in [0.2, 0.25) is 0 Å². The van der Waals surface area contributed by atoms with Crippen LogP contribution in [0.3, 0.4) is 0 Å². The number of hydrogen-bond donors (Lipinski definition) is 1. The van der Waals surface area contributed by atoms with Gasteiger partial charge in [0.05, 0.1) is 12.5 Å². The lowest BCUT2D eigenvalue weighted by molar-refractivity contribution is -0.150. The fraction of sp³-hybridized carbons (Fsp3) is 0.519. The second-order valence-electron chi connectivity index (χ2n) is 10.5. The van der Waals surface area contributed by atoms with Crippen LogP contribution >= 0.6 is 11.6 Å². The van der Waals surface area contributed by atoms with E-state index in [1.54, 1.807) is 12.9 Å². The number of likely N-dealkylation sites (tertiary alicyclic amines) is 1. The molecule has 1 aliphatic heterocycles. The highest BCUT2D eigenvalue weighted by atomic mass is 35.5. The van der Waals surface area contributed by atoms with E-state index in [1.807, 2.05) is 31.2 Å². The molecule has 0 spiro atoms. The third-order valence-electron chi connectivity index (χ3n) is 6.41. The number of ether oxygens (including phenoxy) is 1. The largest absolute Gasteiger partial charge is 0.466 e. The molecule has 0 bridgehead atoms. The van der Waals surface area contributed by atoms with Crippen LogP contribution in [0.2, 0.25) is 18.2 Å². The Labute approximate surface area is 208 Å². The summed E-state index contributed by atoms with van der Waals surface area (Å²) in [6, 6.07) is 12.3. The Morgan fingerprint density at radius 2 is 1.91 bits per heavy atom. The zero-order valence-electron chi connectivity index (χ0n) is 20.7. The van der Waals surface area contributed by atoms with Crippen LogP contribution in [0.15, 0.2) is 42.5 Å². The van der Waals surface area contributed by atoms with Gasteiger partial charge in [-0.15, -0.1) is 0 Å². The quantitative estimate of drug-likeness (QED) is 0.320. The van der Waals surface area contributed by atoms with Crippen LogP contribution in [-0.2, 0) is 16.0 Å². The van der Waals surface area contributed by atoms with E-state index in [4.69, 9.17) is 16.3 Å². The summed E-state index contributed by atoms with van der Waals surface area (Å²) in [4.78, 5) is 15.1. The van der Waals surface area contributed by atoms with Crippen molar-refractivity contribution >= 4 is 24.5 Å². The maximum atomic E-state index is 14.2. The topological polar surface area (TPSA) is 49.8 Å². The highest BCUT2D eigenvalue weighted by Gasteiger charge is 2.37. The number of carbonyl (C=O) groups excluding carboxylic acids is 1. The Morgan fingerprint density at radius 1 is 1.24 bits per heavy atom. The first-order chi connectivity index (χ1) is 16.1. The lowest BCUT2D eigenvalue weighted by Crippen LogP contribution is -2.55. The lowest BCUT2D eigenvalue weighted by Gasteiger charge is -2.47. The molecule has 1 saturated heterocycles. The smallest absolute Gasteiger partial charge is 0.310 e. The summed E-state index contributed by atoms with van der Waals surface area (Å²) in [5, 5.41) is 10.6. The number of halogens is 2. The van der Waals surface area contributed by atoms with Gasteiger partial charge in [0.25, 0.3) is 6.92 Å². The predicted molar refractivity (Wildman–Crippen MR) is 138 cm³/mol. The molecule has 2 aromatic carbocycles. The van der Waals surface area contributed by atoms with Crippen molar-refractivity contribution in [2.24, 2.45) is 17.3 Å². The zero-order valence-corrected chi connectivity index (χ0v) is 21.4. The Hall–Kier alpha value is -1.89. The number of benzene rings is 2. The molecule has 1 fully saturated rings. The molecular formula is C27H36BClFNO3. The molecule has 34 heavy (non-hydrogen) atoms. The molecule has 0 amide bonds. The van der Waals surface area contributed by atoms with Crippen molar-refractivity contribution in [1.82, 2.24) is 4.90 Å². The maximum Gasteiger partial charge on any atom is 0.310 e. The molecule has 0 unspecified atom stereocenters. The van der Waals surface area contributed by atoms with Crippen molar-refractivity contribution in [1.29, 1.82) is 0 Å². The van der Waals surface area contributed by atoms with E-state index in [0.29, 0.717) is 41.9 Å². The molecule has 2 aromatic rings. The fourth-order valence-electron chi connectivity index (χ4n) is 5.13. The molecule has 0 radical (unpaired) electrons. The summed E-state index contributed by atoms with van der Waals surface area (Å²) in [5.41, 5.74) is 2.62. The average molecular weight is 488 g/mol. The second-order valence-corrected chi connectivity index (χ2v) is 10.9. The Balaban J connectivity index is 1.72. The first-order valence-electron chi connectivity index (χ1n) is 12.2. The van der Waals surface area contributed by atoms with Crippen LogP contribution < -0.4 is 0 Å². The summed E-state index contributed by atoms with van der Waals surface area (Å²) in [5.74, 6) is -0.567. The highest BCUT2D eigenvalue weighted by molar-refractivity contribution is 6.48. The zero-order chi connectivity index (χ0) is 24.9. The number of rotatable bonds is 11. The maximum absolute atomic E-state index is 14.2. The van der Waals surface area contributed by atoms with Crippen molar-refractivity contribution in [3.05, 3.63) is 58.9 Å². The van der Waals surface area contributed by atoms with Gasteiger partial charge in [0, 0.05) is 30.2 Å². The minimum absolute atomic E-state index is 0.123. The number of esters is 1. The normalized spacial score (nSPS) is 17.0. The molecule has 0 aromatic heterocycles. The highest BCUT2D eigenvalue weighted by Crippen LogP contribution is 2.32. The molecule has 0 saturated carbocycles. The minimum Gasteiger partial charge on any atom is -0.466 e. The van der Waals surface area contributed by atoms with Crippen molar-refractivity contribution in [2.45, 2.75) is 46.8 Å². The summed E-state index contributed by atoms with van der Waals surface area (Å²) in [6.07, 6.45) is 1.99. The van der Waals surface area contributed by atoms with Crippen LogP contribution in [0.5, 0.6) is 0 Å². The van der Waals surface area contributed by atoms with Gasteiger partial charge >= 0.3 is 5.97 Å². The van der Waals surface area contributed by atoms with Gasteiger partial charge in [0.1, 0.15) is 5.82 Å². The van der Waals surface area contributed by atoms with Crippen LogP contribution in [-0.4, -0.2) is 49.0 Å². The molecule has 184 valence electrons. The Bertz CT molecular complexity index is 959. The van der Waals surface area contributed by atoms with Gasteiger partial charge in [-0.25, -0.2) is 4.39 Å². The molecule has 3 rings (SSSR count). The molecule has 1 N–H and O–H groups in total. The number of carbonyl (C=O) groups is 1. The van der Waals surface area contributed by atoms with Crippen molar-refractivity contribution in [2.75, 3.05) is 26.2 Å². The molecule has 1 heterocycles. The van der Waals surface area contributed by atoms with Gasteiger partial charge < -0.3 is 14.7 Å². The van der Waals surface area contributed by atoms with E-state index in [9.17, 15) is 14.2 Å². The van der Waals surface area contributed by atoms with E-state index in [1.165, 1.54) is 12.1 Å². The first-order valence-corrected chi connectivity index (χ1v) is 12.6. The second kappa shape index (κ2) is 11.7. The van der Waals surface area contributed by atoms with E-state index in [-0.39, 0.29) is 23.6 Å². The third-order valence-corrected chi connectivity index (χ3v) is 6.65. The van der Waals surface area contributed by atoms with E-state index >= 15 is 0 Å². The number of hydrogen-bond acceptors (Lipinski definition) is 4. The summed E-state index contributed by atoms with van der Waals surface area (Å²) in [6.45, 7) is 10.6. The molecule has 4 nitrogen and oxygen atoms in total. The summed E-state index contributed by atoms with van der Waals surface area (Å²) in [7, 11) is 0. The van der Waals surface area contributed by atoms with Crippen molar-refractivity contribution in [3.63, 3.8) is 0 Å². The van der Waals surface area contributed by atoms with Gasteiger partial charge in [-0.2, -0.15) is 0 Å². The summed E-state index contributed by atoms with van der Waals surface area (Å²) >= 11 is 6.05. The lowest BCUT2D eigenvalue weighted by atomic mass is 9.62. The van der Waals surface area contributed by atoms with Crippen LogP contribution in [0, 0.1) is 23.1 Å². The van der Waals surface area contributed by atoms with Crippen molar-refractivity contribution in [3.8, 4) is 11.1 Å². The van der Waals surface area contributed by atoms with E-state index in [0.717, 1.165) is 30.6 Å². The SMILES string of the molecule is CCOC(=O)[C@@H](C[C@H](CB(C)O)Cc1ccc(-c2cc(Cl)ccc2F)cc1)CN1CC(C)(C)C1.